The van der Waals surface area contributed by atoms with Crippen LogP contribution in [-0.4, -0.2) is 37.7 Å². The van der Waals surface area contributed by atoms with Crippen molar-refractivity contribution in [3.63, 3.8) is 0 Å². The number of hydrogen-bond donors (Lipinski definition) is 1. The summed E-state index contributed by atoms with van der Waals surface area (Å²) in [6.07, 6.45) is 2.09. The van der Waals surface area contributed by atoms with Crippen LogP contribution in [0.3, 0.4) is 0 Å². The molecule has 5 heteroatoms. The van der Waals surface area contributed by atoms with Crippen molar-refractivity contribution in [2.24, 2.45) is 4.99 Å². The number of ketones is 1. The Morgan fingerprint density at radius 1 is 1.43 bits per heavy atom. The summed E-state index contributed by atoms with van der Waals surface area (Å²) in [5.74, 6) is 0.358. The standard InChI is InChI=1S/C16H23N3O2/c1-7-14(20)13-8-12(9-19-16(13)21-6)15(18-5)10(2)11(3)17-4/h8-9,17H,7H2,1-6H3/b11-10+,18-15?. The van der Waals surface area contributed by atoms with E-state index < -0.39 is 0 Å². The van der Waals surface area contributed by atoms with Gasteiger partial charge in [-0.25, -0.2) is 4.98 Å². The molecular weight excluding hydrogens is 266 g/mol. The molecule has 1 heterocycles. The normalized spacial score (nSPS) is 12.8. The highest BCUT2D eigenvalue weighted by atomic mass is 16.5. The first-order chi connectivity index (χ1) is 9.99. The van der Waals surface area contributed by atoms with E-state index in [-0.39, 0.29) is 5.78 Å². The van der Waals surface area contributed by atoms with Crippen molar-refractivity contribution in [1.29, 1.82) is 0 Å². The summed E-state index contributed by atoms with van der Waals surface area (Å²) in [6.45, 7) is 5.79. The Labute approximate surface area is 126 Å². The van der Waals surface area contributed by atoms with Gasteiger partial charge in [0.1, 0.15) is 0 Å². The molecule has 114 valence electrons. The molecule has 0 bridgehead atoms. The Balaban J connectivity index is 3.41. The summed E-state index contributed by atoms with van der Waals surface area (Å²) in [6, 6.07) is 1.80. The molecule has 0 atom stereocenters. The molecule has 0 fully saturated rings. The minimum atomic E-state index is 0.00336. The number of Topliss-reactive ketones (excluding diaryl/α,β-unsaturated/α-hetero) is 1. The number of pyridine rings is 1. The predicted molar refractivity (Wildman–Crippen MR) is 85.3 cm³/mol. The molecule has 1 N–H and O–H groups in total. The summed E-state index contributed by atoms with van der Waals surface area (Å²) < 4.78 is 5.17. The van der Waals surface area contributed by atoms with Crippen LogP contribution >= 0.6 is 0 Å². The van der Waals surface area contributed by atoms with E-state index >= 15 is 0 Å². The fourth-order valence-electron chi connectivity index (χ4n) is 2.01. The van der Waals surface area contributed by atoms with Crippen molar-refractivity contribution in [2.45, 2.75) is 27.2 Å². The van der Waals surface area contributed by atoms with Gasteiger partial charge < -0.3 is 10.1 Å². The van der Waals surface area contributed by atoms with Crippen LogP contribution in [0.5, 0.6) is 5.88 Å². The molecule has 1 aromatic rings. The van der Waals surface area contributed by atoms with Crippen LogP contribution in [0.4, 0.5) is 0 Å². The van der Waals surface area contributed by atoms with Crippen molar-refractivity contribution < 1.29 is 9.53 Å². The molecule has 0 aliphatic rings. The zero-order valence-electron chi connectivity index (χ0n) is 13.6. The Morgan fingerprint density at radius 2 is 2.10 bits per heavy atom. The number of hydrogen-bond acceptors (Lipinski definition) is 5. The number of allylic oxidation sites excluding steroid dienone is 2. The first-order valence-electron chi connectivity index (χ1n) is 6.90. The molecule has 0 aliphatic carbocycles. The lowest BCUT2D eigenvalue weighted by molar-refractivity contribution is 0.0984. The van der Waals surface area contributed by atoms with Crippen molar-refractivity contribution in [1.82, 2.24) is 10.3 Å². The highest BCUT2D eigenvalue weighted by Gasteiger charge is 2.16. The quantitative estimate of drug-likeness (QED) is 0.646. The van der Waals surface area contributed by atoms with Crippen LogP contribution < -0.4 is 10.1 Å². The molecule has 0 spiro atoms. The van der Waals surface area contributed by atoms with Crippen LogP contribution in [0, 0.1) is 0 Å². The second-order valence-electron chi connectivity index (χ2n) is 4.63. The topological polar surface area (TPSA) is 63.6 Å². The van der Waals surface area contributed by atoms with Crippen molar-refractivity contribution in [3.8, 4) is 5.88 Å². The number of carbonyl (C=O) groups is 1. The Hall–Kier alpha value is -2.17. The molecule has 21 heavy (non-hydrogen) atoms. The summed E-state index contributed by atoms with van der Waals surface area (Å²) in [5.41, 5.74) is 4.15. The van der Waals surface area contributed by atoms with Gasteiger partial charge in [0.15, 0.2) is 5.78 Å². The molecule has 5 nitrogen and oxygen atoms in total. The highest BCUT2D eigenvalue weighted by Crippen LogP contribution is 2.21. The van der Waals surface area contributed by atoms with E-state index in [2.05, 4.69) is 15.3 Å². The van der Waals surface area contributed by atoms with Gasteiger partial charge in [-0.2, -0.15) is 0 Å². The molecule has 0 saturated heterocycles. The second kappa shape index (κ2) is 7.57. The van der Waals surface area contributed by atoms with Crippen LogP contribution in [0.25, 0.3) is 0 Å². The van der Waals surface area contributed by atoms with Gasteiger partial charge in [-0.1, -0.05) is 6.92 Å². The van der Waals surface area contributed by atoms with E-state index in [9.17, 15) is 4.79 Å². The first-order valence-corrected chi connectivity index (χ1v) is 6.90. The number of rotatable bonds is 6. The summed E-state index contributed by atoms with van der Waals surface area (Å²) in [5, 5.41) is 3.11. The Bertz CT molecular complexity index is 589. The van der Waals surface area contributed by atoms with Gasteiger partial charge in [-0.3, -0.25) is 9.79 Å². The molecule has 1 rings (SSSR count). The van der Waals surface area contributed by atoms with Gasteiger partial charge >= 0.3 is 0 Å². The third kappa shape index (κ3) is 3.68. The lowest BCUT2D eigenvalue weighted by Crippen LogP contribution is -2.13. The molecule has 0 radical (unpaired) electrons. The first kappa shape index (κ1) is 16.9. The molecule has 0 saturated carbocycles. The van der Waals surface area contributed by atoms with Gasteiger partial charge in [0, 0.05) is 38.0 Å². The third-order valence-electron chi connectivity index (χ3n) is 3.46. The monoisotopic (exact) mass is 289 g/mol. The maximum Gasteiger partial charge on any atom is 0.224 e. The number of carbonyl (C=O) groups excluding carboxylic acids is 1. The van der Waals surface area contributed by atoms with Gasteiger partial charge in [-0.05, 0) is 25.5 Å². The van der Waals surface area contributed by atoms with Gasteiger partial charge in [-0.15, -0.1) is 0 Å². The summed E-state index contributed by atoms with van der Waals surface area (Å²) >= 11 is 0. The highest BCUT2D eigenvalue weighted by molar-refractivity contribution is 6.13. The SMILES string of the molecule is CCC(=O)c1cc(C(=NC)/C(C)=C(\C)NC)cnc1OC. The molecule has 0 aromatic carbocycles. The van der Waals surface area contributed by atoms with E-state index in [1.165, 1.54) is 7.11 Å². The number of aromatic nitrogens is 1. The van der Waals surface area contributed by atoms with E-state index in [0.29, 0.717) is 17.9 Å². The minimum absolute atomic E-state index is 0.00336. The van der Waals surface area contributed by atoms with Gasteiger partial charge in [0.05, 0.1) is 18.4 Å². The second-order valence-corrected chi connectivity index (χ2v) is 4.63. The average Bonchev–Trinajstić information content (AvgIpc) is 2.53. The van der Waals surface area contributed by atoms with Crippen LogP contribution in [0.1, 0.15) is 43.1 Å². The van der Waals surface area contributed by atoms with Crippen LogP contribution in [0.2, 0.25) is 0 Å². The third-order valence-corrected chi connectivity index (χ3v) is 3.46. The van der Waals surface area contributed by atoms with E-state index in [0.717, 1.165) is 22.5 Å². The molecular formula is C16H23N3O2. The number of ether oxygens (including phenoxy) is 1. The lowest BCUT2D eigenvalue weighted by atomic mass is 10.0. The fourth-order valence-corrected chi connectivity index (χ4v) is 2.01. The average molecular weight is 289 g/mol. The number of nitrogens with zero attached hydrogens (tertiary/aromatic N) is 2. The molecule has 0 unspecified atom stereocenters. The van der Waals surface area contributed by atoms with Crippen molar-refractivity contribution in [3.05, 3.63) is 34.7 Å². The minimum Gasteiger partial charge on any atom is -0.480 e. The van der Waals surface area contributed by atoms with E-state index in [4.69, 9.17) is 4.74 Å². The molecule has 0 amide bonds. The number of nitrogens with one attached hydrogen (secondary N) is 1. The zero-order valence-corrected chi connectivity index (χ0v) is 13.6. The maximum absolute atomic E-state index is 12.0. The van der Waals surface area contributed by atoms with Crippen molar-refractivity contribution in [2.75, 3.05) is 21.2 Å². The smallest absolute Gasteiger partial charge is 0.224 e. The van der Waals surface area contributed by atoms with Gasteiger partial charge in [0.2, 0.25) is 5.88 Å². The molecule has 0 aliphatic heterocycles. The van der Waals surface area contributed by atoms with Crippen LogP contribution in [-0.2, 0) is 0 Å². The summed E-state index contributed by atoms with van der Waals surface area (Å²) in [7, 11) is 5.11. The number of methoxy groups -OCH3 is 1. The van der Waals surface area contributed by atoms with E-state index in [1.807, 2.05) is 27.8 Å². The maximum atomic E-state index is 12.0. The predicted octanol–water partition coefficient (Wildman–Crippen LogP) is 2.62. The lowest BCUT2D eigenvalue weighted by Gasteiger charge is -2.13. The number of aliphatic imine (C=N–C) groups is 1. The van der Waals surface area contributed by atoms with E-state index in [1.54, 1.807) is 19.3 Å². The Morgan fingerprint density at radius 3 is 2.57 bits per heavy atom. The molecule has 1 aromatic heterocycles. The zero-order chi connectivity index (χ0) is 16.0. The summed E-state index contributed by atoms with van der Waals surface area (Å²) in [4.78, 5) is 20.6. The largest absolute Gasteiger partial charge is 0.480 e. The van der Waals surface area contributed by atoms with Crippen molar-refractivity contribution >= 4 is 11.5 Å². The van der Waals surface area contributed by atoms with Gasteiger partial charge in [0.25, 0.3) is 0 Å². The van der Waals surface area contributed by atoms with Crippen LogP contribution in [0.15, 0.2) is 28.5 Å². The Kier molecular flexibility index (Phi) is 6.09. The fraction of sp³-hybridized carbons (Fsp3) is 0.438.